The molecule has 0 heterocycles. The fourth-order valence-electron chi connectivity index (χ4n) is 1.64. The third-order valence-electron chi connectivity index (χ3n) is 2.46. The first-order valence-electron chi connectivity index (χ1n) is 5.02. The topological polar surface area (TPSA) is 67.5 Å². The Morgan fingerprint density at radius 1 is 1.56 bits per heavy atom. The zero-order chi connectivity index (χ0) is 12.1. The van der Waals surface area contributed by atoms with Gasteiger partial charge < -0.3 is 20.9 Å². The van der Waals surface area contributed by atoms with E-state index in [0.717, 1.165) is 15.8 Å². The predicted octanol–water partition coefficient (Wildman–Crippen LogP) is 1.04. The molecule has 0 saturated carbocycles. The van der Waals surface area contributed by atoms with Gasteiger partial charge in [-0.3, -0.25) is 0 Å². The summed E-state index contributed by atoms with van der Waals surface area (Å²) >= 11 is 3.40. The zero-order valence-corrected chi connectivity index (χ0v) is 11.0. The van der Waals surface area contributed by atoms with E-state index in [1.807, 2.05) is 18.2 Å². The lowest BCUT2D eigenvalue weighted by atomic mass is 10.0. The lowest BCUT2D eigenvalue weighted by molar-refractivity contribution is 0.137. The van der Waals surface area contributed by atoms with Gasteiger partial charge in [-0.05, 0) is 25.2 Å². The fourth-order valence-corrected chi connectivity index (χ4v) is 2.02. The highest BCUT2D eigenvalue weighted by atomic mass is 79.9. The van der Waals surface area contributed by atoms with E-state index in [1.165, 1.54) is 0 Å². The third-order valence-corrected chi connectivity index (χ3v) is 2.96. The van der Waals surface area contributed by atoms with Crippen molar-refractivity contribution in [2.24, 2.45) is 5.73 Å². The van der Waals surface area contributed by atoms with Gasteiger partial charge in [0.15, 0.2) is 0 Å². The number of methoxy groups -OCH3 is 1. The normalized spacial score (nSPS) is 14.6. The van der Waals surface area contributed by atoms with Gasteiger partial charge in [-0.25, -0.2) is 0 Å². The summed E-state index contributed by atoms with van der Waals surface area (Å²) in [7, 11) is 3.39. The second kappa shape index (κ2) is 6.20. The van der Waals surface area contributed by atoms with Gasteiger partial charge in [0.25, 0.3) is 0 Å². The van der Waals surface area contributed by atoms with E-state index in [-0.39, 0.29) is 12.6 Å². The Morgan fingerprint density at radius 3 is 2.75 bits per heavy atom. The minimum Gasteiger partial charge on any atom is -0.496 e. The molecule has 0 aliphatic rings. The molecular weight excluding hydrogens is 272 g/mol. The zero-order valence-electron chi connectivity index (χ0n) is 9.40. The largest absolute Gasteiger partial charge is 0.496 e. The summed E-state index contributed by atoms with van der Waals surface area (Å²) in [6.07, 6.45) is -0.645. The van der Waals surface area contributed by atoms with Crippen LogP contribution in [0.25, 0.3) is 0 Å². The summed E-state index contributed by atoms with van der Waals surface area (Å²) < 4.78 is 6.20. The van der Waals surface area contributed by atoms with Crippen LogP contribution in [0.3, 0.4) is 0 Å². The lowest BCUT2D eigenvalue weighted by Crippen LogP contribution is -2.35. The van der Waals surface area contributed by atoms with E-state index in [1.54, 1.807) is 14.2 Å². The number of hydrogen-bond donors (Lipinski definition) is 3. The molecule has 90 valence electrons. The summed E-state index contributed by atoms with van der Waals surface area (Å²) in [6, 6.07) is 5.42. The number of likely N-dealkylation sites (N-methyl/N-ethyl adjacent to an activating group) is 1. The Hall–Kier alpha value is -0.620. The van der Waals surface area contributed by atoms with Gasteiger partial charge in [0.2, 0.25) is 0 Å². The molecule has 16 heavy (non-hydrogen) atoms. The Morgan fingerprint density at radius 2 is 2.25 bits per heavy atom. The van der Waals surface area contributed by atoms with Gasteiger partial charge in [0.05, 0.1) is 19.3 Å². The van der Waals surface area contributed by atoms with Crippen LogP contribution in [0.1, 0.15) is 11.6 Å². The monoisotopic (exact) mass is 288 g/mol. The minimum absolute atomic E-state index is 0.196. The summed E-state index contributed by atoms with van der Waals surface area (Å²) in [5.41, 5.74) is 6.36. The van der Waals surface area contributed by atoms with Gasteiger partial charge in [-0.1, -0.05) is 15.9 Å². The van der Waals surface area contributed by atoms with Gasteiger partial charge >= 0.3 is 0 Å². The number of ether oxygens (including phenoxy) is 1. The third kappa shape index (κ3) is 2.95. The van der Waals surface area contributed by atoms with Crippen molar-refractivity contribution < 1.29 is 9.84 Å². The highest BCUT2D eigenvalue weighted by Crippen LogP contribution is 2.29. The quantitative estimate of drug-likeness (QED) is 0.757. The summed E-state index contributed by atoms with van der Waals surface area (Å²) in [5, 5.41) is 12.9. The van der Waals surface area contributed by atoms with E-state index in [4.69, 9.17) is 10.5 Å². The molecule has 0 radical (unpaired) electrons. The lowest BCUT2D eigenvalue weighted by Gasteiger charge is -2.23. The maximum absolute atomic E-state index is 9.82. The van der Waals surface area contributed by atoms with Crippen molar-refractivity contribution in [3.63, 3.8) is 0 Å². The van der Waals surface area contributed by atoms with E-state index in [0.29, 0.717) is 0 Å². The molecule has 0 aromatic heterocycles. The molecule has 0 fully saturated rings. The summed E-state index contributed by atoms with van der Waals surface area (Å²) in [5.74, 6) is 0.732. The SMILES string of the molecule is CNC(c1cc(Br)ccc1OC)C(O)CN. The molecule has 0 spiro atoms. The average molecular weight is 289 g/mol. The van der Waals surface area contributed by atoms with Crippen LogP contribution < -0.4 is 15.8 Å². The number of nitrogens with one attached hydrogen (secondary N) is 1. The van der Waals surface area contributed by atoms with Gasteiger partial charge in [-0.2, -0.15) is 0 Å². The van der Waals surface area contributed by atoms with E-state index in [9.17, 15) is 5.11 Å². The predicted molar refractivity (Wildman–Crippen MR) is 67.6 cm³/mol. The van der Waals surface area contributed by atoms with Crippen LogP contribution in [-0.4, -0.2) is 31.9 Å². The molecule has 4 nitrogen and oxygen atoms in total. The second-order valence-corrected chi connectivity index (χ2v) is 4.37. The molecule has 5 heteroatoms. The number of rotatable bonds is 5. The Kier molecular flexibility index (Phi) is 5.21. The fraction of sp³-hybridized carbons (Fsp3) is 0.455. The van der Waals surface area contributed by atoms with Crippen LogP contribution in [-0.2, 0) is 0 Å². The van der Waals surface area contributed by atoms with E-state index < -0.39 is 6.10 Å². The molecule has 1 aromatic rings. The Labute approximate surface area is 104 Å². The number of halogens is 1. The van der Waals surface area contributed by atoms with Gasteiger partial charge in [0.1, 0.15) is 5.75 Å². The van der Waals surface area contributed by atoms with Crippen molar-refractivity contribution in [1.82, 2.24) is 5.32 Å². The van der Waals surface area contributed by atoms with E-state index in [2.05, 4.69) is 21.2 Å². The molecule has 0 aliphatic heterocycles. The molecular formula is C11H17BrN2O2. The molecule has 0 aliphatic carbocycles. The van der Waals surface area contributed by atoms with Crippen LogP contribution in [0.2, 0.25) is 0 Å². The van der Waals surface area contributed by atoms with Crippen LogP contribution in [0.15, 0.2) is 22.7 Å². The number of nitrogens with two attached hydrogens (primary N) is 1. The highest BCUT2D eigenvalue weighted by Gasteiger charge is 2.21. The van der Waals surface area contributed by atoms with Crippen molar-refractivity contribution in [2.45, 2.75) is 12.1 Å². The average Bonchev–Trinajstić information content (AvgIpc) is 2.30. The molecule has 2 atom stereocenters. The first-order valence-corrected chi connectivity index (χ1v) is 5.82. The minimum atomic E-state index is -0.645. The van der Waals surface area contributed by atoms with Crippen LogP contribution in [0, 0.1) is 0 Å². The maximum Gasteiger partial charge on any atom is 0.123 e. The number of benzene rings is 1. The number of hydrogen-bond acceptors (Lipinski definition) is 4. The molecule has 1 rings (SSSR count). The molecule has 1 aromatic carbocycles. The van der Waals surface area contributed by atoms with Crippen LogP contribution in [0.5, 0.6) is 5.75 Å². The molecule has 0 amide bonds. The Bertz CT molecular complexity index is 347. The first kappa shape index (κ1) is 13.4. The molecule has 2 unspecified atom stereocenters. The molecule has 0 bridgehead atoms. The number of aliphatic hydroxyl groups is 1. The van der Waals surface area contributed by atoms with Crippen LogP contribution >= 0.6 is 15.9 Å². The standard InChI is InChI=1S/C11H17BrN2O2/c1-14-11(9(15)6-13)8-5-7(12)3-4-10(8)16-2/h3-5,9,11,14-15H,6,13H2,1-2H3. The van der Waals surface area contributed by atoms with Crippen molar-refractivity contribution in [2.75, 3.05) is 20.7 Å². The molecule has 0 saturated heterocycles. The van der Waals surface area contributed by atoms with Crippen molar-refractivity contribution in [3.05, 3.63) is 28.2 Å². The summed E-state index contributed by atoms with van der Waals surface area (Å²) in [4.78, 5) is 0. The first-order chi connectivity index (χ1) is 7.63. The number of aliphatic hydroxyl groups excluding tert-OH is 1. The molecule has 4 N–H and O–H groups in total. The van der Waals surface area contributed by atoms with Crippen molar-refractivity contribution in [1.29, 1.82) is 0 Å². The van der Waals surface area contributed by atoms with Gasteiger partial charge in [-0.15, -0.1) is 0 Å². The van der Waals surface area contributed by atoms with Crippen molar-refractivity contribution in [3.8, 4) is 5.75 Å². The van der Waals surface area contributed by atoms with E-state index >= 15 is 0 Å². The Balaban J connectivity index is 3.11. The second-order valence-electron chi connectivity index (χ2n) is 3.46. The van der Waals surface area contributed by atoms with Crippen molar-refractivity contribution >= 4 is 15.9 Å². The highest BCUT2D eigenvalue weighted by molar-refractivity contribution is 9.10. The van der Waals surface area contributed by atoms with Crippen LogP contribution in [0.4, 0.5) is 0 Å². The van der Waals surface area contributed by atoms with Gasteiger partial charge in [0, 0.05) is 16.6 Å². The summed E-state index contributed by atoms with van der Waals surface area (Å²) in [6.45, 7) is 0.196. The maximum atomic E-state index is 9.82. The smallest absolute Gasteiger partial charge is 0.123 e.